The average Bonchev–Trinajstić information content (AvgIpc) is 0. The Morgan fingerprint density at radius 3 is 0.333 bits per heavy atom. The van der Waals surface area contributed by atoms with Crippen molar-refractivity contribution in [2.24, 2.45) is 0 Å². The number of rotatable bonds is 0. The molecule has 0 unspecified atom stereocenters. The SMILES string of the molecule is [N].[N].[N].[N].[N].[Rh]. The summed E-state index contributed by atoms with van der Waals surface area (Å²) < 4.78 is 0. The number of hydrogen-bond donors (Lipinski definition) is 0. The molecule has 0 amide bonds. The maximum atomic E-state index is 0. The molecule has 0 heterocycles. The molecule has 6 heavy (non-hydrogen) atoms. The third-order valence-corrected chi connectivity index (χ3v) is 0. The van der Waals surface area contributed by atoms with E-state index in [1.165, 1.54) is 0 Å². The molecule has 16 radical (unpaired) electrons. The molecule has 0 saturated carbocycles. The normalized spacial score (nSPS) is 0. The van der Waals surface area contributed by atoms with Gasteiger partial charge in [0, 0.05) is 50.2 Å². The third kappa shape index (κ3) is 289. The predicted octanol–water partition coefficient (Wildman–Crippen LogP) is -2.41. The molecule has 0 aromatic carbocycles. The minimum Gasteiger partial charge on any atom is 0 e. The fraction of sp³-hybridized carbons (Fsp3) is 0. The summed E-state index contributed by atoms with van der Waals surface area (Å²) in [5, 5.41) is 0. The molecular formula is N5Rh. The van der Waals surface area contributed by atoms with E-state index in [-0.39, 0.29) is 50.2 Å². The van der Waals surface area contributed by atoms with Crippen molar-refractivity contribution in [1.82, 2.24) is 30.8 Å². The predicted molar refractivity (Wildman–Crippen MR) is 10.7 cm³/mol. The van der Waals surface area contributed by atoms with E-state index < -0.39 is 0 Å². The molecule has 0 fully saturated rings. The summed E-state index contributed by atoms with van der Waals surface area (Å²) in [6, 6.07) is 0. The quantitative estimate of drug-likeness (QED) is 0.358. The standard InChI is InChI=1S/5N.Rh. The minimum absolute atomic E-state index is 0. The summed E-state index contributed by atoms with van der Waals surface area (Å²) in [6.07, 6.45) is 0. The van der Waals surface area contributed by atoms with Gasteiger partial charge in [-0.1, -0.05) is 0 Å². The van der Waals surface area contributed by atoms with E-state index >= 15 is 0 Å². The second-order valence-electron chi connectivity index (χ2n) is 0. The van der Waals surface area contributed by atoms with Crippen molar-refractivity contribution in [2.75, 3.05) is 0 Å². The van der Waals surface area contributed by atoms with Gasteiger partial charge in [-0.15, -0.1) is 0 Å². The monoisotopic (exact) mass is 173 g/mol. The van der Waals surface area contributed by atoms with Crippen LogP contribution in [0.25, 0.3) is 0 Å². The maximum Gasteiger partial charge on any atom is 0 e. The zero-order valence-corrected chi connectivity index (χ0v) is 4.21. The Morgan fingerprint density at radius 2 is 0.333 bits per heavy atom. The molecule has 0 N–H and O–H groups in total. The average molecular weight is 173 g/mol. The molecule has 0 bridgehead atoms. The van der Waals surface area contributed by atoms with E-state index in [1.807, 2.05) is 0 Å². The summed E-state index contributed by atoms with van der Waals surface area (Å²) in [6.45, 7) is 0. The second-order valence-corrected chi connectivity index (χ2v) is 0. The largest absolute Gasteiger partial charge is 0 e. The summed E-state index contributed by atoms with van der Waals surface area (Å²) in [4.78, 5) is 0. The Labute approximate surface area is 50.9 Å². The molecular weight excluding hydrogens is 173 g/mol. The summed E-state index contributed by atoms with van der Waals surface area (Å²) in [5.41, 5.74) is 0. The third-order valence-electron chi connectivity index (χ3n) is 0. The van der Waals surface area contributed by atoms with Crippen LogP contribution in [0.4, 0.5) is 0 Å². The number of nitrogens with zero attached hydrogens (tertiary/aromatic N) is 5. The molecule has 6 heteroatoms. The zero-order valence-electron chi connectivity index (χ0n) is 2.57. The molecule has 0 atom stereocenters. The summed E-state index contributed by atoms with van der Waals surface area (Å²) >= 11 is 0. The van der Waals surface area contributed by atoms with E-state index in [0.717, 1.165) is 0 Å². The Balaban J connectivity index is 0. The first-order valence-electron chi connectivity index (χ1n) is 0. The summed E-state index contributed by atoms with van der Waals surface area (Å²) in [7, 11) is 0. The molecule has 0 aromatic rings. The van der Waals surface area contributed by atoms with Crippen LogP contribution >= 0.6 is 0 Å². The summed E-state index contributed by atoms with van der Waals surface area (Å²) in [5.74, 6) is 0. The first-order chi connectivity index (χ1) is 0. The molecule has 0 saturated heterocycles. The van der Waals surface area contributed by atoms with Crippen molar-refractivity contribution in [3.05, 3.63) is 0 Å². The first kappa shape index (κ1) is 1050. The topological polar surface area (TPSA) is 152 Å². The molecule has 5 nitrogen and oxygen atoms in total. The minimum atomic E-state index is 0. The van der Waals surface area contributed by atoms with Gasteiger partial charge in [0.1, 0.15) is 0 Å². The smallest absolute Gasteiger partial charge is 0 e. The van der Waals surface area contributed by atoms with Crippen LogP contribution in [0.2, 0.25) is 0 Å². The molecule has 34 valence electrons. The van der Waals surface area contributed by atoms with Gasteiger partial charge in [0.2, 0.25) is 0 Å². The Bertz CT molecular complexity index is 3.90. The van der Waals surface area contributed by atoms with Gasteiger partial charge in [-0.25, -0.2) is 0 Å². The van der Waals surface area contributed by atoms with Crippen LogP contribution in [0.15, 0.2) is 0 Å². The zero-order chi connectivity index (χ0) is 0. The Hall–Kier alpha value is 0.423. The molecule has 0 spiro atoms. The van der Waals surface area contributed by atoms with Crippen molar-refractivity contribution in [2.45, 2.75) is 0 Å². The fourth-order valence-electron chi connectivity index (χ4n) is 0. The van der Waals surface area contributed by atoms with Gasteiger partial charge in [0.25, 0.3) is 0 Å². The van der Waals surface area contributed by atoms with Crippen LogP contribution in [0.1, 0.15) is 0 Å². The van der Waals surface area contributed by atoms with Crippen molar-refractivity contribution in [1.29, 1.82) is 0 Å². The van der Waals surface area contributed by atoms with E-state index in [4.69, 9.17) is 0 Å². The van der Waals surface area contributed by atoms with Crippen molar-refractivity contribution in [3.63, 3.8) is 0 Å². The molecule has 0 aromatic heterocycles. The van der Waals surface area contributed by atoms with Crippen LogP contribution < -0.4 is 30.8 Å². The van der Waals surface area contributed by atoms with Crippen LogP contribution in [-0.2, 0) is 19.5 Å². The van der Waals surface area contributed by atoms with Gasteiger partial charge in [-0.3, -0.25) is 0 Å². The van der Waals surface area contributed by atoms with Crippen molar-refractivity contribution < 1.29 is 19.5 Å². The van der Waals surface area contributed by atoms with Crippen LogP contribution in [-0.4, -0.2) is 0 Å². The molecule has 0 rings (SSSR count). The van der Waals surface area contributed by atoms with E-state index in [0.29, 0.717) is 0 Å². The van der Waals surface area contributed by atoms with Gasteiger partial charge in [0.05, 0.1) is 0 Å². The van der Waals surface area contributed by atoms with E-state index in [9.17, 15) is 0 Å². The Kier molecular flexibility index (Phi) is 104000. The van der Waals surface area contributed by atoms with Gasteiger partial charge in [0.15, 0.2) is 0 Å². The van der Waals surface area contributed by atoms with Gasteiger partial charge < -0.3 is 0 Å². The number of hydrogen-bond acceptors (Lipinski definition) is 0. The van der Waals surface area contributed by atoms with Gasteiger partial charge >= 0.3 is 0 Å². The maximum absolute atomic E-state index is 0. The van der Waals surface area contributed by atoms with E-state index in [1.54, 1.807) is 0 Å². The molecule has 0 aliphatic rings. The second kappa shape index (κ2) is 592. The van der Waals surface area contributed by atoms with Crippen LogP contribution in [0.3, 0.4) is 0 Å². The van der Waals surface area contributed by atoms with Crippen molar-refractivity contribution in [3.8, 4) is 0 Å². The Morgan fingerprint density at radius 1 is 0.333 bits per heavy atom. The molecule has 0 aliphatic heterocycles. The van der Waals surface area contributed by atoms with E-state index in [2.05, 4.69) is 0 Å². The van der Waals surface area contributed by atoms with Gasteiger partial charge in [-0.05, 0) is 0 Å². The first-order valence-corrected chi connectivity index (χ1v) is 0. The van der Waals surface area contributed by atoms with Crippen LogP contribution in [0.5, 0.6) is 0 Å². The molecule has 0 aliphatic carbocycles. The van der Waals surface area contributed by atoms with Crippen molar-refractivity contribution >= 4 is 0 Å². The van der Waals surface area contributed by atoms with Crippen LogP contribution in [0, 0.1) is 0 Å². The fourth-order valence-corrected chi connectivity index (χ4v) is 0. The van der Waals surface area contributed by atoms with Gasteiger partial charge in [-0.2, -0.15) is 0 Å².